The van der Waals surface area contributed by atoms with Crippen LogP contribution in [0, 0.1) is 0 Å². The third kappa shape index (κ3) is 5.74. The van der Waals surface area contributed by atoms with Crippen LogP contribution in [0.4, 0.5) is 0 Å². The lowest BCUT2D eigenvalue weighted by atomic mass is 10.2. The van der Waals surface area contributed by atoms with Gasteiger partial charge in [0.2, 0.25) is 5.91 Å². The number of amides is 1. The number of carbonyl (C=O) groups is 1. The average Bonchev–Trinajstić information content (AvgIpc) is 2.92. The highest BCUT2D eigenvalue weighted by Gasteiger charge is 2.05. The normalized spacial score (nSPS) is 11.0. The number of benzene rings is 1. The Morgan fingerprint density at radius 1 is 1.26 bits per heavy atom. The van der Waals surface area contributed by atoms with E-state index in [-0.39, 0.29) is 36.4 Å². The van der Waals surface area contributed by atoms with E-state index in [4.69, 9.17) is 0 Å². The monoisotopic (exact) mass is 429 g/mol. The van der Waals surface area contributed by atoms with Crippen LogP contribution >= 0.6 is 24.0 Å². The lowest BCUT2D eigenvalue weighted by Gasteiger charge is -2.13. The van der Waals surface area contributed by atoms with Crippen molar-refractivity contribution < 1.29 is 4.79 Å². The van der Waals surface area contributed by atoms with Gasteiger partial charge < -0.3 is 20.5 Å². The van der Waals surface area contributed by atoms with Gasteiger partial charge in [-0.3, -0.25) is 4.79 Å². The van der Waals surface area contributed by atoms with Gasteiger partial charge >= 0.3 is 0 Å². The van der Waals surface area contributed by atoms with E-state index in [2.05, 4.69) is 32.7 Å². The van der Waals surface area contributed by atoms with Gasteiger partial charge in [0.05, 0.1) is 13.1 Å². The first kappa shape index (κ1) is 19.3. The number of nitrogens with one attached hydrogen (secondary N) is 3. The van der Waals surface area contributed by atoms with Crippen LogP contribution in [-0.4, -0.2) is 48.9 Å². The molecule has 0 saturated heterocycles. The number of para-hydroxylation sites is 1. The molecule has 1 amide bonds. The van der Waals surface area contributed by atoms with Crippen LogP contribution in [0.3, 0.4) is 0 Å². The first-order valence-corrected chi connectivity index (χ1v) is 7.39. The largest absolute Gasteiger partial charge is 0.357 e. The summed E-state index contributed by atoms with van der Waals surface area (Å²) in [5, 5.41) is 7.35. The molecular formula is C16H24IN5O. The molecule has 0 unspecified atom stereocenters. The molecule has 0 atom stereocenters. The van der Waals surface area contributed by atoms with Gasteiger partial charge in [-0.2, -0.15) is 0 Å². The lowest BCUT2D eigenvalue weighted by Crippen LogP contribution is -2.42. The highest BCUT2D eigenvalue weighted by Crippen LogP contribution is 2.14. The molecule has 0 aliphatic heterocycles. The maximum atomic E-state index is 11.6. The molecule has 0 fully saturated rings. The van der Waals surface area contributed by atoms with Crippen LogP contribution in [-0.2, 0) is 11.3 Å². The number of carbonyl (C=O) groups excluding carboxylic acids is 1. The number of rotatable bonds is 5. The number of likely N-dealkylation sites (N-methyl/N-ethyl adjacent to an activating group) is 1. The number of aliphatic imine (C=N–C) groups is 1. The number of hydrogen-bond donors (Lipinski definition) is 3. The molecule has 0 saturated carbocycles. The van der Waals surface area contributed by atoms with E-state index in [1.165, 1.54) is 5.39 Å². The summed E-state index contributed by atoms with van der Waals surface area (Å²) in [6.07, 6.45) is 0. The number of aromatic nitrogens is 1. The Kier molecular flexibility index (Phi) is 7.87. The molecule has 3 N–H and O–H groups in total. The van der Waals surface area contributed by atoms with Crippen LogP contribution in [0.25, 0.3) is 10.9 Å². The molecule has 7 heteroatoms. The molecule has 1 heterocycles. The second-order valence-electron chi connectivity index (χ2n) is 5.22. The van der Waals surface area contributed by atoms with Crippen LogP contribution in [0.2, 0.25) is 0 Å². The van der Waals surface area contributed by atoms with Gasteiger partial charge in [-0.05, 0) is 24.4 Å². The first-order chi connectivity index (χ1) is 10.6. The van der Waals surface area contributed by atoms with Crippen molar-refractivity contribution in [2.24, 2.45) is 4.99 Å². The van der Waals surface area contributed by atoms with Crippen molar-refractivity contribution in [3.63, 3.8) is 0 Å². The minimum Gasteiger partial charge on any atom is -0.357 e. The maximum Gasteiger partial charge on any atom is 0.241 e. The predicted octanol–water partition coefficient (Wildman–Crippen LogP) is 1.93. The summed E-state index contributed by atoms with van der Waals surface area (Å²) >= 11 is 0. The third-order valence-corrected chi connectivity index (χ3v) is 3.24. The fraction of sp³-hybridized carbons (Fsp3) is 0.375. The molecular weight excluding hydrogens is 405 g/mol. The van der Waals surface area contributed by atoms with E-state index < -0.39 is 0 Å². The predicted molar refractivity (Wildman–Crippen MR) is 105 cm³/mol. The number of halogens is 1. The first-order valence-electron chi connectivity index (χ1n) is 7.39. The van der Waals surface area contributed by atoms with Gasteiger partial charge in [0, 0.05) is 31.9 Å². The SMILES string of the molecule is CCNC(=NCc1cc2ccccc2[nH]1)NCC(=O)N(C)C.I. The van der Waals surface area contributed by atoms with E-state index in [9.17, 15) is 4.79 Å². The molecule has 1 aromatic heterocycles. The topological polar surface area (TPSA) is 72.5 Å². The lowest BCUT2D eigenvalue weighted by molar-refractivity contribution is -0.127. The Morgan fingerprint density at radius 3 is 2.65 bits per heavy atom. The fourth-order valence-corrected chi connectivity index (χ4v) is 2.04. The number of aromatic amines is 1. The van der Waals surface area contributed by atoms with Gasteiger partial charge in [0.25, 0.3) is 0 Å². The number of hydrogen-bond acceptors (Lipinski definition) is 2. The van der Waals surface area contributed by atoms with Gasteiger partial charge in [-0.15, -0.1) is 24.0 Å². The van der Waals surface area contributed by atoms with Crippen molar-refractivity contribution in [2.75, 3.05) is 27.2 Å². The fourth-order valence-electron chi connectivity index (χ4n) is 2.04. The van der Waals surface area contributed by atoms with Crippen LogP contribution in [0.5, 0.6) is 0 Å². The summed E-state index contributed by atoms with van der Waals surface area (Å²) in [6.45, 7) is 3.49. The minimum absolute atomic E-state index is 0. The molecule has 0 aliphatic rings. The minimum atomic E-state index is 0. The standard InChI is InChI=1S/C16H23N5O.HI/c1-4-17-16(19-11-15(22)21(2)3)18-10-13-9-12-7-5-6-8-14(12)20-13;/h5-9,20H,4,10-11H2,1-3H3,(H2,17,18,19);1H. The van der Waals surface area contributed by atoms with E-state index in [1.807, 2.05) is 25.1 Å². The third-order valence-electron chi connectivity index (χ3n) is 3.24. The molecule has 0 spiro atoms. The number of nitrogens with zero attached hydrogens (tertiary/aromatic N) is 2. The molecule has 2 aromatic rings. The van der Waals surface area contributed by atoms with E-state index in [1.54, 1.807) is 19.0 Å². The quantitative estimate of drug-likeness (QED) is 0.387. The average molecular weight is 429 g/mol. The molecule has 0 bridgehead atoms. The van der Waals surface area contributed by atoms with Crippen molar-refractivity contribution >= 4 is 46.7 Å². The molecule has 0 radical (unpaired) electrons. The molecule has 2 rings (SSSR count). The second-order valence-corrected chi connectivity index (χ2v) is 5.22. The summed E-state index contributed by atoms with van der Waals surface area (Å²) in [5.41, 5.74) is 2.14. The van der Waals surface area contributed by atoms with Crippen molar-refractivity contribution in [1.82, 2.24) is 20.5 Å². The van der Waals surface area contributed by atoms with E-state index in [0.29, 0.717) is 12.5 Å². The zero-order valence-electron chi connectivity index (χ0n) is 13.7. The van der Waals surface area contributed by atoms with Gasteiger partial charge in [0.15, 0.2) is 5.96 Å². The molecule has 126 valence electrons. The Labute approximate surface area is 153 Å². The zero-order chi connectivity index (χ0) is 15.9. The Hall–Kier alpha value is -1.77. The van der Waals surface area contributed by atoms with Crippen molar-refractivity contribution in [3.05, 3.63) is 36.0 Å². The van der Waals surface area contributed by atoms with E-state index >= 15 is 0 Å². The van der Waals surface area contributed by atoms with Crippen LogP contribution in [0.1, 0.15) is 12.6 Å². The Bertz CT molecular complexity index is 632. The van der Waals surface area contributed by atoms with Crippen molar-refractivity contribution in [2.45, 2.75) is 13.5 Å². The Morgan fingerprint density at radius 2 is 2.00 bits per heavy atom. The van der Waals surface area contributed by atoms with Gasteiger partial charge in [-0.1, -0.05) is 18.2 Å². The number of H-pyrrole nitrogens is 1. The van der Waals surface area contributed by atoms with E-state index in [0.717, 1.165) is 17.8 Å². The highest BCUT2D eigenvalue weighted by atomic mass is 127. The number of fused-ring (bicyclic) bond motifs is 1. The Balaban J connectivity index is 0.00000264. The summed E-state index contributed by atoms with van der Waals surface area (Å²) in [4.78, 5) is 21.0. The van der Waals surface area contributed by atoms with Crippen LogP contribution < -0.4 is 10.6 Å². The van der Waals surface area contributed by atoms with Gasteiger partial charge in [0.1, 0.15) is 0 Å². The van der Waals surface area contributed by atoms with Crippen molar-refractivity contribution in [3.8, 4) is 0 Å². The summed E-state index contributed by atoms with van der Waals surface area (Å²) in [7, 11) is 3.47. The number of guanidine groups is 1. The highest BCUT2D eigenvalue weighted by molar-refractivity contribution is 14.0. The summed E-state index contributed by atoms with van der Waals surface area (Å²) in [6, 6.07) is 10.2. The summed E-state index contributed by atoms with van der Waals surface area (Å²) < 4.78 is 0. The molecule has 0 aliphatic carbocycles. The maximum absolute atomic E-state index is 11.6. The molecule has 1 aromatic carbocycles. The van der Waals surface area contributed by atoms with Crippen LogP contribution in [0.15, 0.2) is 35.3 Å². The molecule has 23 heavy (non-hydrogen) atoms. The zero-order valence-corrected chi connectivity index (χ0v) is 16.0. The second kappa shape index (κ2) is 9.39. The summed E-state index contributed by atoms with van der Waals surface area (Å²) in [5.74, 6) is 0.646. The van der Waals surface area contributed by atoms with Gasteiger partial charge in [-0.25, -0.2) is 4.99 Å². The molecule has 6 nitrogen and oxygen atoms in total. The van der Waals surface area contributed by atoms with Crippen molar-refractivity contribution in [1.29, 1.82) is 0 Å². The smallest absolute Gasteiger partial charge is 0.241 e.